The topological polar surface area (TPSA) is 50.8 Å². The summed E-state index contributed by atoms with van der Waals surface area (Å²) in [4.78, 5) is 15.2. The highest BCUT2D eigenvalue weighted by Crippen LogP contribution is 2.30. The number of thioether (sulfide) groups is 1. The highest BCUT2D eigenvalue weighted by Gasteiger charge is 2.15. The van der Waals surface area contributed by atoms with Crippen molar-refractivity contribution in [3.8, 4) is 11.5 Å². The van der Waals surface area contributed by atoms with Crippen LogP contribution >= 0.6 is 28.7 Å². The van der Waals surface area contributed by atoms with Gasteiger partial charge in [0.25, 0.3) is 0 Å². The summed E-state index contributed by atoms with van der Waals surface area (Å²) in [5.74, 6) is 2.33. The van der Waals surface area contributed by atoms with Gasteiger partial charge in [-0.2, -0.15) is 0 Å². The summed E-state index contributed by atoms with van der Waals surface area (Å²) in [6.07, 6.45) is 16.2. The Balaban J connectivity index is 0.00000588. The van der Waals surface area contributed by atoms with Gasteiger partial charge in [-0.15, -0.1) is 28.7 Å². The van der Waals surface area contributed by atoms with Gasteiger partial charge < -0.3 is 19.7 Å². The quantitative estimate of drug-likeness (QED) is 0.145. The van der Waals surface area contributed by atoms with Crippen molar-refractivity contribution in [1.82, 2.24) is 4.90 Å². The fourth-order valence-electron chi connectivity index (χ4n) is 5.03. The molecule has 0 atom stereocenters. The lowest BCUT2D eigenvalue weighted by Crippen LogP contribution is -2.20. The minimum Gasteiger partial charge on any atom is -0.493 e. The third kappa shape index (κ3) is 13.2. The molecule has 0 aromatic heterocycles. The number of allylic oxidation sites excluding steroid dienone is 1. The molecular weight excluding hydrogens is 596 g/mol. The van der Waals surface area contributed by atoms with E-state index in [1.54, 1.807) is 18.9 Å². The Morgan fingerprint density at radius 2 is 1.56 bits per heavy atom. The lowest BCUT2D eigenvalue weighted by Gasteiger charge is -2.21. The number of unbranched alkanes of at least 4 members (excludes halogenated alkanes) is 11. The van der Waals surface area contributed by atoms with Crippen LogP contribution in [0.5, 0.6) is 11.5 Å². The smallest absolute Gasteiger partial charge is 0.228 e. The number of hydrogen-bond acceptors (Lipinski definition) is 5. The van der Waals surface area contributed by atoms with Crippen LogP contribution < -0.4 is 14.8 Å². The monoisotopic (exact) mass is 646 g/mol. The predicted octanol–water partition coefficient (Wildman–Crippen LogP) is 9.90. The lowest BCUT2D eigenvalue weighted by molar-refractivity contribution is -0.115. The first-order chi connectivity index (χ1) is 19.6. The first-order valence-corrected chi connectivity index (χ1v) is 16.4. The third-order valence-corrected chi connectivity index (χ3v) is 8.45. The maximum atomic E-state index is 12.9. The van der Waals surface area contributed by atoms with Gasteiger partial charge in [0, 0.05) is 17.9 Å². The number of carbonyl (C=O) groups is 1. The van der Waals surface area contributed by atoms with E-state index in [-0.39, 0.29) is 29.3 Å². The molecule has 0 radical (unpaired) electrons. The Kier molecular flexibility index (Phi) is 17.7. The molecule has 0 bridgehead atoms. The van der Waals surface area contributed by atoms with Crippen molar-refractivity contribution in [2.45, 2.75) is 104 Å². The second-order valence-electron chi connectivity index (χ2n) is 10.9. The normalized spacial score (nSPS) is 12.6. The maximum Gasteiger partial charge on any atom is 0.228 e. The second kappa shape index (κ2) is 20.7. The molecule has 1 aliphatic heterocycles. The number of anilines is 1. The molecule has 0 saturated carbocycles. The van der Waals surface area contributed by atoms with E-state index < -0.39 is 0 Å². The molecule has 3 rings (SSSR count). The highest BCUT2D eigenvalue weighted by atomic mass is 79.9. The van der Waals surface area contributed by atoms with E-state index in [9.17, 15) is 4.79 Å². The van der Waals surface area contributed by atoms with Crippen LogP contribution in [0.1, 0.15) is 102 Å². The van der Waals surface area contributed by atoms with Gasteiger partial charge in [-0.05, 0) is 48.1 Å². The molecule has 0 spiro atoms. The van der Waals surface area contributed by atoms with Crippen LogP contribution in [0, 0.1) is 0 Å². The molecule has 1 heterocycles. The van der Waals surface area contributed by atoms with E-state index in [0.29, 0.717) is 12.4 Å². The fraction of sp³-hybridized carbons (Fsp3) is 0.559. The van der Waals surface area contributed by atoms with E-state index in [0.717, 1.165) is 41.4 Å². The van der Waals surface area contributed by atoms with Crippen LogP contribution in [-0.4, -0.2) is 30.4 Å². The summed E-state index contributed by atoms with van der Waals surface area (Å²) in [7, 11) is 1.65. The van der Waals surface area contributed by atoms with Crippen molar-refractivity contribution in [2.75, 3.05) is 24.9 Å². The van der Waals surface area contributed by atoms with E-state index in [4.69, 9.17) is 9.47 Å². The number of rotatable bonds is 20. The Hall–Kier alpha value is -2.12. The Bertz CT molecular complexity index is 1060. The molecular formula is C34H51BrN2O3S. The van der Waals surface area contributed by atoms with Gasteiger partial charge in [0.15, 0.2) is 11.5 Å². The van der Waals surface area contributed by atoms with E-state index in [2.05, 4.69) is 35.5 Å². The summed E-state index contributed by atoms with van der Waals surface area (Å²) in [6, 6.07) is 13.8. The highest BCUT2D eigenvalue weighted by molar-refractivity contribution is 8.93. The summed E-state index contributed by atoms with van der Waals surface area (Å²) < 4.78 is 11.6. The molecule has 0 saturated heterocycles. The largest absolute Gasteiger partial charge is 0.493 e. The zero-order valence-electron chi connectivity index (χ0n) is 25.4. The molecule has 41 heavy (non-hydrogen) atoms. The molecule has 0 unspecified atom stereocenters. The number of halogens is 1. The van der Waals surface area contributed by atoms with Crippen LogP contribution in [0.25, 0.3) is 0 Å². The first-order valence-electron chi connectivity index (χ1n) is 15.3. The van der Waals surface area contributed by atoms with Gasteiger partial charge >= 0.3 is 0 Å². The van der Waals surface area contributed by atoms with Crippen LogP contribution in [0.3, 0.4) is 0 Å². The van der Waals surface area contributed by atoms with Crippen LogP contribution in [-0.2, 0) is 17.8 Å². The van der Waals surface area contributed by atoms with Crippen molar-refractivity contribution >= 4 is 40.3 Å². The maximum absolute atomic E-state index is 12.9. The fourth-order valence-corrected chi connectivity index (χ4v) is 5.97. The molecule has 0 fully saturated rings. The van der Waals surface area contributed by atoms with Crippen molar-refractivity contribution < 1.29 is 14.3 Å². The van der Waals surface area contributed by atoms with Gasteiger partial charge in [-0.1, -0.05) is 102 Å². The van der Waals surface area contributed by atoms with Gasteiger partial charge in [0.2, 0.25) is 5.91 Å². The van der Waals surface area contributed by atoms with Gasteiger partial charge in [0.05, 0.1) is 26.0 Å². The van der Waals surface area contributed by atoms with E-state index in [1.165, 1.54) is 76.3 Å². The molecule has 7 heteroatoms. The van der Waals surface area contributed by atoms with Gasteiger partial charge in [-0.3, -0.25) is 4.79 Å². The average molecular weight is 648 g/mol. The molecule has 1 amide bonds. The minimum atomic E-state index is -0.0391. The number of hydrogen-bond donors (Lipinski definition) is 1. The summed E-state index contributed by atoms with van der Waals surface area (Å²) in [6.45, 7) is 5.87. The number of methoxy groups -OCH3 is 1. The number of nitrogens with one attached hydrogen (secondary N) is 1. The summed E-state index contributed by atoms with van der Waals surface area (Å²) in [5, 5.41) is 5.30. The van der Waals surface area contributed by atoms with Crippen molar-refractivity contribution in [2.24, 2.45) is 0 Å². The van der Waals surface area contributed by atoms with E-state index >= 15 is 0 Å². The zero-order chi connectivity index (χ0) is 28.4. The minimum absolute atomic E-state index is 0. The Morgan fingerprint density at radius 1 is 0.902 bits per heavy atom. The van der Waals surface area contributed by atoms with Crippen LogP contribution in [0.15, 0.2) is 53.6 Å². The third-order valence-electron chi connectivity index (χ3n) is 7.48. The SMILES string of the molecule is Br.CCCCCCCCCCCCCCOc1ccc(CC(=O)Nc2ccccc2CN2CSC=C2C)cc1OC. The predicted molar refractivity (Wildman–Crippen MR) is 180 cm³/mol. The van der Waals surface area contributed by atoms with Gasteiger partial charge in [0.1, 0.15) is 0 Å². The van der Waals surface area contributed by atoms with Crippen molar-refractivity contribution in [3.63, 3.8) is 0 Å². The van der Waals surface area contributed by atoms with Crippen LogP contribution in [0.2, 0.25) is 0 Å². The molecule has 5 nitrogen and oxygen atoms in total. The number of ether oxygens (including phenoxy) is 2. The second-order valence-corrected chi connectivity index (χ2v) is 11.7. The standard InChI is InChI=1S/C34H50N2O3S.BrH/c1-4-5-6-7-8-9-10-11-12-13-14-17-22-39-32-21-20-29(23-33(32)38-3)24-34(37)35-31-19-16-15-18-30(31)25-36-27-40-26-28(36)2;/h15-16,18-21,23,26H,4-14,17,22,24-25,27H2,1-3H3,(H,35,37);1H. The first kappa shape index (κ1) is 35.1. The summed E-state index contributed by atoms with van der Waals surface area (Å²) in [5.41, 5.74) is 4.15. The van der Waals surface area contributed by atoms with E-state index in [1.807, 2.05) is 36.4 Å². The molecule has 1 aliphatic rings. The number of carbonyl (C=O) groups excluding carboxylic acids is 1. The van der Waals surface area contributed by atoms with Crippen molar-refractivity contribution in [1.29, 1.82) is 0 Å². The number of amides is 1. The van der Waals surface area contributed by atoms with Crippen LogP contribution in [0.4, 0.5) is 5.69 Å². The lowest BCUT2D eigenvalue weighted by atomic mass is 10.1. The Morgan fingerprint density at radius 3 is 2.20 bits per heavy atom. The zero-order valence-corrected chi connectivity index (χ0v) is 28.0. The molecule has 228 valence electrons. The molecule has 2 aromatic rings. The number of benzene rings is 2. The number of para-hydroxylation sites is 1. The number of nitrogens with zero attached hydrogens (tertiary/aromatic N) is 1. The van der Waals surface area contributed by atoms with Crippen molar-refractivity contribution in [3.05, 3.63) is 64.7 Å². The summed E-state index contributed by atoms with van der Waals surface area (Å²) >= 11 is 1.80. The Labute approximate surface area is 263 Å². The molecule has 0 aliphatic carbocycles. The molecule has 1 N–H and O–H groups in total. The molecule has 2 aromatic carbocycles. The average Bonchev–Trinajstić information content (AvgIpc) is 3.36. The van der Waals surface area contributed by atoms with Gasteiger partial charge in [-0.25, -0.2) is 0 Å².